The van der Waals surface area contributed by atoms with Gasteiger partial charge < -0.3 is 10.1 Å². The predicted molar refractivity (Wildman–Crippen MR) is 108 cm³/mol. The highest BCUT2D eigenvalue weighted by Crippen LogP contribution is 2.12. The van der Waals surface area contributed by atoms with Crippen molar-refractivity contribution in [1.82, 2.24) is 4.57 Å². The molecule has 1 heterocycles. The Morgan fingerprint density at radius 2 is 1.86 bits per heavy atom. The van der Waals surface area contributed by atoms with Gasteiger partial charge in [0.25, 0.3) is 0 Å². The maximum absolute atomic E-state index is 12.2. The van der Waals surface area contributed by atoms with Gasteiger partial charge in [0.1, 0.15) is 6.54 Å². The summed E-state index contributed by atoms with van der Waals surface area (Å²) >= 11 is 1.01. The van der Waals surface area contributed by atoms with E-state index >= 15 is 0 Å². The third-order valence-electron chi connectivity index (χ3n) is 4.13. The predicted octanol–water partition coefficient (Wildman–Crippen LogP) is 3.16. The van der Waals surface area contributed by atoms with Gasteiger partial charge in [-0.1, -0.05) is 31.1 Å². The summed E-state index contributed by atoms with van der Waals surface area (Å²) in [6.45, 7) is 3.18. The molecule has 0 atom stereocenters. The van der Waals surface area contributed by atoms with Crippen molar-refractivity contribution in [2.45, 2.75) is 46.1 Å². The van der Waals surface area contributed by atoms with Crippen molar-refractivity contribution in [3.8, 4) is 0 Å². The van der Waals surface area contributed by atoms with Crippen LogP contribution < -0.4 is 10.2 Å². The Balaban J connectivity index is 1.81. The smallest absolute Gasteiger partial charge is 0.326 e. The largest absolute Gasteiger partial charge is 0.456 e. The number of hydrogen-bond acceptors (Lipinski definition) is 6. The SMILES string of the molecule is CCCCCC(=O)Nc1ccc(C(=O)COC(=O)Cn2c(C)csc2=O)cc1. The highest BCUT2D eigenvalue weighted by Gasteiger charge is 2.13. The first kappa shape index (κ1) is 21.6. The summed E-state index contributed by atoms with van der Waals surface area (Å²) in [5, 5.41) is 4.44. The van der Waals surface area contributed by atoms with Gasteiger partial charge in [-0.25, -0.2) is 0 Å². The highest BCUT2D eigenvalue weighted by atomic mass is 32.1. The lowest BCUT2D eigenvalue weighted by molar-refractivity contribution is -0.143. The average molecular weight is 404 g/mol. The van der Waals surface area contributed by atoms with Crippen LogP contribution in [0.5, 0.6) is 0 Å². The van der Waals surface area contributed by atoms with Gasteiger partial charge in [0.2, 0.25) is 5.91 Å². The highest BCUT2D eigenvalue weighted by molar-refractivity contribution is 7.07. The number of anilines is 1. The van der Waals surface area contributed by atoms with Crippen LogP contribution in [0.4, 0.5) is 5.69 Å². The number of thiazole rings is 1. The van der Waals surface area contributed by atoms with Crippen LogP contribution >= 0.6 is 11.3 Å². The lowest BCUT2D eigenvalue weighted by Gasteiger charge is -2.08. The number of amides is 1. The molecule has 2 aromatic rings. The molecule has 1 aromatic heterocycles. The second-order valence-corrected chi connectivity index (χ2v) is 7.22. The van der Waals surface area contributed by atoms with Crippen LogP contribution in [0.25, 0.3) is 0 Å². The van der Waals surface area contributed by atoms with Gasteiger partial charge in [-0.15, -0.1) is 0 Å². The Kier molecular flexibility index (Phi) is 8.13. The van der Waals surface area contributed by atoms with Crippen molar-refractivity contribution < 1.29 is 19.1 Å². The van der Waals surface area contributed by atoms with Gasteiger partial charge in [0, 0.05) is 28.7 Å². The van der Waals surface area contributed by atoms with Gasteiger partial charge in [-0.05, 0) is 37.6 Å². The number of nitrogens with zero attached hydrogens (tertiary/aromatic N) is 1. The summed E-state index contributed by atoms with van der Waals surface area (Å²) in [6, 6.07) is 6.43. The molecular weight excluding hydrogens is 380 g/mol. The molecule has 8 heteroatoms. The maximum atomic E-state index is 12.2. The average Bonchev–Trinajstić information content (AvgIpc) is 2.99. The summed E-state index contributed by atoms with van der Waals surface area (Å²) in [4.78, 5) is 47.2. The number of rotatable bonds is 10. The number of carbonyl (C=O) groups excluding carboxylic acids is 3. The molecule has 0 aliphatic heterocycles. The minimum atomic E-state index is -0.645. The van der Waals surface area contributed by atoms with E-state index < -0.39 is 12.6 Å². The van der Waals surface area contributed by atoms with Crippen molar-refractivity contribution in [1.29, 1.82) is 0 Å². The molecule has 28 heavy (non-hydrogen) atoms. The summed E-state index contributed by atoms with van der Waals surface area (Å²) < 4.78 is 6.28. The Morgan fingerprint density at radius 1 is 1.14 bits per heavy atom. The molecule has 150 valence electrons. The molecule has 1 amide bonds. The number of nitrogens with one attached hydrogen (secondary N) is 1. The number of carbonyl (C=O) groups is 3. The third-order valence-corrected chi connectivity index (χ3v) is 5.01. The molecule has 7 nitrogen and oxygen atoms in total. The summed E-state index contributed by atoms with van der Waals surface area (Å²) in [7, 11) is 0. The van der Waals surface area contributed by atoms with Crippen LogP contribution in [0.15, 0.2) is 34.4 Å². The van der Waals surface area contributed by atoms with E-state index in [4.69, 9.17) is 4.74 Å². The first-order valence-corrected chi connectivity index (χ1v) is 10.0. The number of unbranched alkanes of at least 4 members (excludes halogenated alkanes) is 2. The number of benzene rings is 1. The third kappa shape index (κ3) is 6.45. The van der Waals surface area contributed by atoms with Gasteiger partial charge in [0.15, 0.2) is 12.4 Å². The molecule has 2 rings (SSSR count). The second kappa shape index (κ2) is 10.6. The Labute approximate surface area is 167 Å². The van der Waals surface area contributed by atoms with E-state index in [9.17, 15) is 19.2 Å². The van der Waals surface area contributed by atoms with Crippen LogP contribution in [0, 0.1) is 6.92 Å². The zero-order valence-corrected chi connectivity index (χ0v) is 16.8. The van der Waals surface area contributed by atoms with E-state index in [2.05, 4.69) is 12.2 Å². The molecule has 1 aromatic carbocycles. The van der Waals surface area contributed by atoms with E-state index in [1.165, 1.54) is 4.57 Å². The van der Waals surface area contributed by atoms with Gasteiger partial charge >= 0.3 is 10.8 Å². The van der Waals surface area contributed by atoms with Crippen molar-refractivity contribution in [2.75, 3.05) is 11.9 Å². The Bertz CT molecular complexity index is 883. The molecule has 0 bridgehead atoms. The maximum Gasteiger partial charge on any atom is 0.326 e. The van der Waals surface area contributed by atoms with E-state index in [0.717, 1.165) is 30.6 Å². The molecule has 0 radical (unpaired) electrons. The number of hydrogen-bond donors (Lipinski definition) is 1. The minimum Gasteiger partial charge on any atom is -0.456 e. The molecule has 0 unspecified atom stereocenters. The van der Waals surface area contributed by atoms with E-state index in [1.807, 2.05) is 0 Å². The number of Topliss-reactive ketones (excluding diaryl/α,β-unsaturated/α-hetero) is 1. The summed E-state index contributed by atoms with van der Waals surface area (Å²) in [5.74, 6) is -1.06. The normalized spacial score (nSPS) is 10.5. The topological polar surface area (TPSA) is 94.5 Å². The van der Waals surface area contributed by atoms with Crippen LogP contribution in [0.2, 0.25) is 0 Å². The quantitative estimate of drug-likeness (QED) is 0.373. The van der Waals surface area contributed by atoms with Crippen molar-refractivity contribution in [3.05, 3.63) is 50.6 Å². The fourth-order valence-corrected chi connectivity index (χ4v) is 3.23. The number of aryl methyl sites for hydroxylation is 1. The standard InChI is InChI=1S/C20H24N2O5S/c1-3-4-5-6-18(24)21-16-9-7-15(8-10-16)17(23)12-27-19(25)11-22-14(2)13-28-20(22)26/h7-10,13H,3-6,11-12H2,1-2H3,(H,21,24). The lowest BCUT2D eigenvalue weighted by atomic mass is 10.1. The summed E-state index contributed by atoms with van der Waals surface area (Å²) in [6.07, 6.45) is 3.39. The minimum absolute atomic E-state index is 0.0552. The molecule has 0 aliphatic carbocycles. The number of esters is 1. The number of ether oxygens (including phenoxy) is 1. The molecule has 0 aliphatic rings. The Hall–Kier alpha value is -2.74. The lowest BCUT2D eigenvalue weighted by Crippen LogP contribution is -2.24. The number of ketones is 1. The molecular formula is C20H24N2O5S. The second-order valence-electron chi connectivity index (χ2n) is 6.40. The fourth-order valence-electron chi connectivity index (χ4n) is 2.50. The molecule has 0 saturated carbocycles. The number of aromatic nitrogens is 1. The zero-order valence-electron chi connectivity index (χ0n) is 16.0. The van der Waals surface area contributed by atoms with E-state index in [-0.39, 0.29) is 23.1 Å². The molecule has 0 fully saturated rings. The molecule has 1 N–H and O–H groups in total. The van der Waals surface area contributed by atoms with Crippen LogP contribution in [0.1, 0.15) is 48.7 Å². The first-order valence-electron chi connectivity index (χ1n) is 9.14. The summed E-state index contributed by atoms with van der Waals surface area (Å²) in [5.41, 5.74) is 1.66. The monoisotopic (exact) mass is 404 g/mol. The zero-order chi connectivity index (χ0) is 20.5. The van der Waals surface area contributed by atoms with Gasteiger partial charge in [-0.2, -0.15) is 0 Å². The van der Waals surface area contributed by atoms with Crippen LogP contribution in [0.3, 0.4) is 0 Å². The fraction of sp³-hybridized carbons (Fsp3) is 0.400. The van der Waals surface area contributed by atoms with E-state index in [0.29, 0.717) is 23.4 Å². The van der Waals surface area contributed by atoms with Gasteiger partial charge in [-0.3, -0.25) is 23.7 Å². The van der Waals surface area contributed by atoms with E-state index in [1.54, 1.807) is 36.6 Å². The van der Waals surface area contributed by atoms with Crippen molar-refractivity contribution in [2.24, 2.45) is 0 Å². The molecule has 0 saturated heterocycles. The van der Waals surface area contributed by atoms with Crippen LogP contribution in [-0.4, -0.2) is 28.8 Å². The Morgan fingerprint density at radius 3 is 2.46 bits per heavy atom. The van der Waals surface area contributed by atoms with Crippen LogP contribution in [-0.2, 0) is 20.9 Å². The first-order chi connectivity index (χ1) is 13.4. The van der Waals surface area contributed by atoms with Crippen molar-refractivity contribution >= 4 is 34.7 Å². The van der Waals surface area contributed by atoms with Gasteiger partial charge in [0.05, 0.1) is 0 Å². The molecule has 0 spiro atoms. The van der Waals surface area contributed by atoms with Crippen molar-refractivity contribution in [3.63, 3.8) is 0 Å².